The Morgan fingerprint density at radius 3 is 2.31 bits per heavy atom. The molecule has 0 aromatic rings. The molecule has 0 saturated heterocycles. The number of esters is 1. The predicted octanol–water partition coefficient (Wildman–Crippen LogP) is 1.76. The van der Waals surface area contributed by atoms with E-state index in [1.807, 2.05) is 0 Å². The quantitative estimate of drug-likeness (QED) is 0.530. The second kappa shape index (κ2) is 4.42. The molecule has 1 aliphatic carbocycles. The molecule has 76 valence electrons. The summed E-state index contributed by atoms with van der Waals surface area (Å²) in [7, 11) is 5.22. The van der Waals surface area contributed by atoms with Gasteiger partial charge in [0.15, 0.2) is 4.75 Å². The van der Waals surface area contributed by atoms with Crippen LogP contribution >= 0.6 is 10.7 Å². The van der Waals surface area contributed by atoms with E-state index in [0.717, 1.165) is 19.3 Å². The largest absolute Gasteiger partial charge is 0.468 e. The number of carbonyl (C=O) groups excluding carboxylic acids is 1. The molecule has 0 spiro atoms. The van der Waals surface area contributed by atoms with Crippen LogP contribution in [0.3, 0.4) is 0 Å². The molecule has 1 fully saturated rings. The Hall–Kier alpha value is -0.0900. The Morgan fingerprint density at radius 2 is 1.92 bits per heavy atom. The fraction of sp³-hybridized carbons (Fsp3) is 0.875. The maximum absolute atomic E-state index is 11.4. The molecule has 0 aliphatic heterocycles. The van der Waals surface area contributed by atoms with Gasteiger partial charge in [-0.1, -0.05) is 19.3 Å². The highest BCUT2D eigenvalue weighted by Crippen LogP contribution is 2.36. The smallest absolute Gasteiger partial charge is 0.325 e. The lowest BCUT2D eigenvalue weighted by molar-refractivity contribution is -0.144. The first kappa shape index (κ1) is 11.0. The molecule has 1 rings (SSSR count). The van der Waals surface area contributed by atoms with Crippen LogP contribution in [0.4, 0.5) is 0 Å². The monoisotopic (exact) mass is 224 g/mol. The number of hydrogen-bond acceptors (Lipinski definition) is 3. The van der Waals surface area contributed by atoms with Crippen LogP contribution in [-0.2, 0) is 19.5 Å². The van der Waals surface area contributed by atoms with Gasteiger partial charge in [-0.3, -0.25) is 4.79 Å². The van der Waals surface area contributed by atoms with Crippen LogP contribution < -0.4 is 0 Å². The van der Waals surface area contributed by atoms with Crippen molar-refractivity contribution in [1.82, 2.24) is 0 Å². The van der Waals surface area contributed by atoms with E-state index in [0.29, 0.717) is 12.8 Å². The van der Waals surface area contributed by atoms with Gasteiger partial charge in [-0.2, -0.15) is 0 Å². The van der Waals surface area contributed by atoms with Gasteiger partial charge in [-0.15, -0.1) is 0 Å². The Morgan fingerprint density at radius 1 is 1.38 bits per heavy atom. The summed E-state index contributed by atoms with van der Waals surface area (Å²) in [5.41, 5.74) is 0. The number of halogens is 1. The molecular weight excluding hydrogens is 212 g/mol. The van der Waals surface area contributed by atoms with Crippen LogP contribution in [0.25, 0.3) is 0 Å². The van der Waals surface area contributed by atoms with Crippen LogP contribution in [0.15, 0.2) is 0 Å². The minimum Gasteiger partial charge on any atom is -0.468 e. The summed E-state index contributed by atoms with van der Waals surface area (Å²) in [5, 5.41) is 0. The molecule has 5 heteroatoms. The molecule has 0 bridgehead atoms. The standard InChI is InChI=1S/C8H13ClO3S/c1-12-7(10)8(13(9)11)5-3-2-4-6-8/h2-6H2,1H3. The second-order valence-corrected chi connectivity index (χ2v) is 5.34. The maximum Gasteiger partial charge on any atom is 0.325 e. The van der Waals surface area contributed by atoms with Crippen molar-refractivity contribution >= 4 is 26.7 Å². The highest BCUT2D eigenvalue weighted by atomic mass is 35.7. The van der Waals surface area contributed by atoms with Gasteiger partial charge in [-0.25, -0.2) is 4.21 Å². The van der Waals surface area contributed by atoms with Gasteiger partial charge in [0.05, 0.1) is 7.11 Å². The lowest BCUT2D eigenvalue weighted by Gasteiger charge is -2.30. The molecule has 0 aromatic heterocycles. The SMILES string of the molecule is COC(=O)C1(S(=O)Cl)CCCCC1. The van der Waals surface area contributed by atoms with E-state index in [1.54, 1.807) is 0 Å². The van der Waals surface area contributed by atoms with E-state index in [2.05, 4.69) is 4.74 Å². The van der Waals surface area contributed by atoms with Crippen molar-refractivity contribution in [3.05, 3.63) is 0 Å². The average Bonchev–Trinajstić information content (AvgIpc) is 2.17. The number of hydrogen-bond donors (Lipinski definition) is 0. The lowest BCUT2D eigenvalue weighted by Crippen LogP contribution is -2.43. The van der Waals surface area contributed by atoms with E-state index in [9.17, 15) is 9.00 Å². The normalized spacial score (nSPS) is 23.5. The molecule has 0 N–H and O–H groups in total. The number of carbonyl (C=O) groups is 1. The Kier molecular flexibility index (Phi) is 3.74. The van der Waals surface area contributed by atoms with E-state index in [-0.39, 0.29) is 0 Å². The van der Waals surface area contributed by atoms with E-state index in [1.165, 1.54) is 7.11 Å². The lowest BCUT2D eigenvalue weighted by atomic mass is 9.88. The molecule has 1 saturated carbocycles. The molecule has 1 atom stereocenters. The summed E-state index contributed by atoms with van der Waals surface area (Å²) in [5.74, 6) is -0.430. The molecule has 13 heavy (non-hydrogen) atoms. The molecule has 3 nitrogen and oxygen atoms in total. The van der Waals surface area contributed by atoms with Gasteiger partial charge in [0.25, 0.3) is 0 Å². The summed E-state index contributed by atoms with van der Waals surface area (Å²) in [6.45, 7) is 0. The maximum atomic E-state index is 11.4. The number of ether oxygens (including phenoxy) is 1. The highest BCUT2D eigenvalue weighted by molar-refractivity contribution is 8.10. The molecule has 0 amide bonds. The van der Waals surface area contributed by atoms with Crippen molar-refractivity contribution in [3.8, 4) is 0 Å². The first-order valence-electron chi connectivity index (χ1n) is 4.30. The van der Waals surface area contributed by atoms with Gasteiger partial charge < -0.3 is 4.74 Å². The van der Waals surface area contributed by atoms with Crippen LogP contribution in [0.2, 0.25) is 0 Å². The van der Waals surface area contributed by atoms with Gasteiger partial charge in [0.2, 0.25) is 0 Å². The fourth-order valence-corrected chi connectivity index (χ4v) is 3.21. The van der Waals surface area contributed by atoms with E-state index in [4.69, 9.17) is 10.7 Å². The molecule has 0 aromatic carbocycles. The van der Waals surface area contributed by atoms with Crippen LogP contribution in [-0.4, -0.2) is 22.0 Å². The zero-order valence-electron chi connectivity index (χ0n) is 7.55. The fourth-order valence-electron chi connectivity index (χ4n) is 1.74. The molecule has 0 radical (unpaired) electrons. The Labute approximate surface area is 84.7 Å². The van der Waals surface area contributed by atoms with Crippen molar-refractivity contribution in [2.24, 2.45) is 0 Å². The zero-order chi connectivity index (χ0) is 9.90. The summed E-state index contributed by atoms with van der Waals surface area (Å²) in [6, 6.07) is 0. The summed E-state index contributed by atoms with van der Waals surface area (Å²) in [4.78, 5) is 11.4. The van der Waals surface area contributed by atoms with Crippen molar-refractivity contribution < 1.29 is 13.7 Å². The summed E-state index contributed by atoms with van der Waals surface area (Å²) < 4.78 is 15.0. The van der Waals surface area contributed by atoms with Gasteiger partial charge in [0, 0.05) is 0 Å². The third-order valence-electron chi connectivity index (χ3n) is 2.53. The van der Waals surface area contributed by atoms with E-state index >= 15 is 0 Å². The topological polar surface area (TPSA) is 43.4 Å². The van der Waals surface area contributed by atoms with Gasteiger partial charge >= 0.3 is 5.97 Å². The average molecular weight is 225 g/mol. The van der Waals surface area contributed by atoms with Crippen molar-refractivity contribution in [2.45, 2.75) is 36.9 Å². The summed E-state index contributed by atoms with van der Waals surface area (Å²) in [6.07, 6.45) is 4.03. The molecule has 0 heterocycles. The van der Waals surface area contributed by atoms with Crippen molar-refractivity contribution in [2.75, 3.05) is 7.11 Å². The van der Waals surface area contributed by atoms with Crippen LogP contribution in [0.5, 0.6) is 0 Å². The molecule has 1 aliphatic rings. The first-order valence-corrected chi connectivity index (χ1v) is 6.27. The van der Waals surface area contributed by atoms with Gasteiger partial charge in [-0.05, 0) is 23.5 Å². The zero-order valence-corrected chi connectivity index (χ0v) is 9.12. The second-order valence-electron chi connectivity index (χ2n) is 3.27. The van der Waals surface area contributed by atoms with Crippen LogP contribution in [0.1, 0.15) is 32.1 Å². The highest BCUT2D eigenvalue weighted by Gasteiger charge is 2.45. The van der Waals surface area contributed by atoms with Crippen molar-refractivity contribution in [1.29, 1.82) is 0 Å². The number of methoxy groups -OCH3 is 1. The Bertz CT molecular complexity index is 223. The number of rotatable bonds is 2. The minimum absolute atomic E-state index is 0.430. The summed E-state index contributed by atoms with van der Waals surface area (Å²) >= 11 is 0. The third kappa shape index (κ3) is 2.05. The third-order valence-corrected chi connectivity index (χ3v) is 4.60. The Balaban J connectivity index is 2.85. The molecule has 1 unspecified atom stereocenters. The minimum atomic E-state index is -1.64. The van der Waals surface area contributed by atoms with Crippen molar-refractivity contribution in [3.63, 3.8) is 0 Å². The van der Waals surface area contributed by atoms with E-state index < -0.39 is 20.7 Å². The van der Waals surface area contributed by atoms with Crippen LogP contribution in [0, 0.1) is 0 Å². The van der Waals surface area contributed by atoms with Gasteiger partial charge in [0.1, 0.15) is 10.0 Å². The molecular formula is C8H13ClO3S. The predicted molar refractivity (Wildman–Crippen MR) is 51.8 cm³/mol. The first-order chi connectivity index (χ1) is 6.13.